The molecule has 0 aliphatic carbocycles. The summed E-state index contributed by atoms with van der Waals surface area (Å²) >= 11 is 4.18. The van der Waals surface area contributed by atoms with Gasteiger partial charge in [0, 0.05) is 31.4 Å². The van der Waals surface area contributed by atoms with Crippen molar-refractivity contribution in [2.75, 3.05) is 6.54 Å². The predicted molar refractivity (Wildman–Crippen MR) is 54.9 cm³/mol. The zero-order valence-electron chi connectivity index (χ0n) is 6.60. The number of fused-ring (bicyclic) bond motifs is 1. The monoisotopic (exact) mass is 198 g/mol. The van der Waals surface area contributed by atoms with Crippen molar-refractivity contribution in [2.45, 2.75) is 13.0 Å². The van der Waals surface area contributed by atoms with E-state index in [1.807, 2.05) is 12.3 Å². The normalized spacial score (nSPS) is 17.4. The molecule has 0 bridgehead atoms. The zero-order valence-corrected chi connectivity index (χ0v) is 8.31. The van der Waals surface area contributed by atoms with Gasteiger partial charge >= 0.3 is 0 Å². The number of hydrogen-bond donors (Lipinski definition) is 1. The first-order chi connectivity index (χ1) is 5.90. The van der Waals surface area contributed by atoms with Gasteiger partial charge in [0.1, 0.15) is 0 Å². The van der Waals surface area contributed by atoms with Crippen molar-refractivity contribution < 1.29 is 0 Å². The van der Waals surface area contributed by atoms with Gasteiger partial charge in [-0.15, -0.1) is 0 Å². The molecule has 2 nitrogen and oxygen atoms in total. The molecule has 0 atom stereocenters. The molecule has 4 heteroatoms. The van der Waals surface area contributed by atoms with Gasteiger partial charge in [0.25, 0.3) is 0 Å². The first kappa shape index (κ1) is 8.41. The molecule has 1 aromatic rings. The van der Waals surface area contributed by atoms with Gasteiger partial charge in [0.05, 0.1) is 0 Å². The molecule has 0 saturated carbocycles. The quantitative estimate of drug-likeness (QED) is 0.422. The van der Waals surface area contributed by atoms with Crippen LogP contribution in [0.1, 0.15) is 11.3 Å². The Kier molecular flexibility index (Phi) is 2.58. The van der Waals surface area contributed by atoms with Gasteiger partial charge in [-0.1, -0.05) is 17.7 Å². The Labute approximate surface area is 81.3 Å². The van der Waals surface area contributed by atoms with Crippen LogP contribution in [0.15, 0.2) is 18.3 Å². The van der Waals surface area contributed by atoms with Crippen molar-refractivity contribution in [3.63, 3.8) is 0 Å². The third kappa shape index (κ3) is 1.60. The van der Waals surface area contributed by atoms with Crippen molar-refractivity contribution in [3.05, 3.63) is 29.6 Å². The lowest BCUT2D eigenvalue weighted by molar-refractivity contribution is 0.443. The van der Waals surface area contributed by atoms with Gasteiger partial charge in [-0.05, 0) is 22.6 Å². The molecule has 0 spiro atoms. The van der Waals surface area contributed by atoms with E-state index in [9.17, 15) is 0 Å². The van der Waals surface area contributed by atoms with Gasteiger partial charge in [0.15, 0.2) is 0 Å². The van der Waals surface area contributed by atoms with Crippen LogP contribution in [0.25, 0.3) is 0 Å². The highest BCUT2D eigenvalue weighted by atomic mass is 33.1. The van der Waals surface area contributed by atoms with Crippen LogP contribution in [0.2, 0.25) is 0 Å². The summed E-state index contributed by atoms with van der Waals surface area (Å²) in [6.07, 6.45) is 2.91. The summed E-state index contributed by atoms with van der Waals surface area (Å²) in [5, 5.41) is 0. The molecule has 0 N–H and O–H groups in total. The molecule has 1 aliphatic heterocycles. The molecule has 0 radical (unpaired) electrons. The minimum absolute atomic E-state index is 0.970. The van der Waals surface area contributed by atoms with Crippen LogP contribution in [0.3, 0.4) is 0 Å². The summed E-state index contributed by atoms with van der Waals surface area (Å²) in [5.74, 6) is 0. The maximum atomic E-state index is 4.33. The average Bonchev–Trinajstić information content (AvgIpc) is 2.17. The van der Waals surface area contributed by atoms with Crippen LogP contribution < -0.4 is 0 Å². The number of nitrogens with zero attached hydrogens (tertiary/aromatic N) is 2. The van der Waals surface area contributed by atoms with E-state index in [0.29, 0.717) is 0 Å². The summed E-state index contributed by atoms with van der Waals surface area (Å²) in [7, 11) is 1.51. The summed E-state index contributed by atoms with van der Waals surface area (Å²) in [4.78, 5) is 4.33. The molecule has 0 saturated heterocycles. The minimum atomic E-state index is 0.970. The number of thiol groups is 1. The van der Waals surface area contributed by atoms with E-state index < -0.39 is 0 Å². The van der Waals surface area contributed by atoms with Crippen LogP contribution in [-0.4, -0.2) is 15.8 Å². The average molecular weight is 198 g/mol. The number of pyridine rings is 1. The second-order valence-corrected chi connectivity index (χ2v) is 3.97. The Hall–Kier alpha value is -0.190. The second kappa shape index (κ2) is 3.68. The maximum Gasteiger partial charge on any atom is 0.0462 e. The summed E-state index contributed by atoms with van der Waals surface area (Å²) < 4.78 is 2.23. The van der Waals surface area contributed by atoms with Crippen LogP contribution >= 0.6 is 22.6 Å². The first-order valence-corrected chi connectivity index (χ1v) is 5.72. The van der Waals surface area contributed by atoms with E-state index in [4.69, 9.17) is 0 Å². The highest BCUT2D eigenvalue weighted by Gasteiger charge is 2.15. The molecule has 1 aliphatic rings. The third-order valence-corrected chi connectivity index (χ3v) is 3.28. The van der Waals surface area contributed by atoms with Gasteiger partial charge in [0.2, 0.25) is 0 Å². The van der Waals surface area contributed by atoms with Crippen molar-refractivity contribution in [3.8, 4) is 0 Å². The SMILES string of the molecule is SSN1CCc2ncccc2C1. The molecule has 0 amide bonds. The Morgan fingerprint density at radius 3 is 3.33 bits per heavy atom. The number of aromatic nitrogens is 1. The van der Waals surface area contributed by atoms with Crippen LogP contribution in [-0.2, 0) is 13.0 Å². The van der Waals surface area contributed by atoms with E-state index in [0.717, 1.165) is 19.5 Å². The second-order valence-electron chi connectivity index (χ2n) is 2.80. The van der Waals surface area contributed by atoms with Crippen LogP contribution in [0.4, 0.5) is 0 Å². The molecule has 0 aromatic carbocycles. The molecule has 0 fully saturated rings. The molecule has 2 heterocycles. The van der Waals surface area contributed by atoms with E-state index >= 15 is 0 Å². The minimum Gasteiger partial charge on any atom is -0.261 e. The van der Waals surface area contributed by atoms with Crippen molar-refractivity contribution in [1.82, 2.24) is 9.29 Å². The molecule has 64 valence electrons. The highest BCUT2D eigenvalue weighted by Crippen LogP contribution is 2.23. The van der Waals surface area contributed by atoms with E-state index in [2.05, 4.69) is 27.0 Å². The van der Waals surface area contributed by atoms with Gasteiger partial charge in [-0.2, -0.15) is 0 Å². The molecular formula is C8H10N2S2. The lowest BCUT2D eigenvalue weighted by Gasteiger charge is -2.24. The molecular weight excluding hydrogens is 188 g/mol. The Morgan fingerprint density at radius 1 is 1.58 bits per heavy atom. The summed E-state index contributed by atoms with van der Waals surface area (Å²) in [5.41, 5.74) is 2.58. The molecule has 0 unspecified atom stereocenters. The first-order valence-electron chi connectivity index (χ1n) is 3.89. The summed E-state index contributed by atoms with van der Waals surface area (Å²) in [6.45, 7) is 2.02. The van der Waals surface area contributed by atoms with Crippen molar-refractivity contribution in [1.29, 1.82) is 0 Å². The van der Waals surface area contributed by atoms with Crippen molar-refractivity contribution >= 4 is 22.6 Å². The number of rotatable bonds is 1. The smallest absolute Gasteiger partial charge is 0.0462 e. The van der Waals surface area contributed by atoms with Gasteiger partial charge < -0.3 is 0 Å². The molecule has 1 aromatic heterocycles. The Morgan fingerprint density at radius 2 is 2.50 bits per heavy atom. The van der Waals surface area contributed by atoms with E-state index in [1.165, 1.54) is 22.2 Å². The summed E-state index contributed by atoms with van der Waals surface area (Å²) in [6, 6.07) is 4.13. The van der Waals surface area contributed by atoms with Crippen molar-refractivity contribution in [2.24, 2.45) is 0 Å². The topological polar surface area (TPSA) is 16.1 Å². The Balaban J connectivity index is 2.23. The zero-order chi connectivity index (χ0) is 8.39. The van der Waals surface area contributed by atoms with Crippen LogP contribution in [0, 0.1) is 0 Å². The number of hydrogen-bond acceptors (Lipinski definition) is 4. The Bertz CT molecular complexity index is 278. The van der Waals surface area contributed by atoms with Crippen LogP contribution in [0.5, 0.6) is 0 Å². The van der Waals surface area contributed by atoms with Gasteiger partial charge in [-0.3, -0.25) is 4.98 Å². The van der Waals surface area contributed by atoms with E-state index in [-0.39, 0.29) is 0 Å². The molecule has 2 rings (SSSR count). The predicted octanol–water partition coefficient (Wildman–Crippen LogP) is 1.93. The lowest BCUT2D eigenvalue weighted by atomic mass is 10.1. The maximum absolute atomic E-state index is 4.33. The third-order valence-electron chi connectivity index (χ3n) is 2.04. The lowest BCUT2D eigenvalue weighted by Crippen LogP contribution is -2.24. The standard InChI is InChI=1S/C8H10N2S2/c11-12-10-5-3-8-7(6-10)2-1-4-9-8/h1-2,4,11H,3,5-6H2. The largest absolute Gasteiger partial charge is 0.261 e. The fourth-order valence-corrected chi connectivity index (χ4v) is 2.20. The fraction of sp³-hybridized carbons (Fsp3) is 0.375. The van der Waals surface area contributed by atoms with E-state index in [1.54, 1.807) is 0 Å². The molecule has 12 heavy (non-hydrogen) atoms. The van der Waals surface area contributed by atoms with Gasteiger partial charge in [-0.25, -0.2) is 4.31 Å². The highest BCUT2D eigenvalue weighted by molar-refractivity contribution is 8.67. The fourth-order valence-electron chi connectivity index (χ4n) is 1.41.